The minimum absolute atomic E-state index is 0.189. The van der Waals surface area contributed by atoms with E-state index in [0.29, 0.717) is 0 Å². The molecule has 0 aromatic carbocycles. The zero-order valence-corrected chi connectivity index (χ0v) is 7.87. The van der Waals surface area contributed by atoms with Gasteiger partial charge in [0.2, 0.25) is 0 Å². The molecule has 0 bridgehead atoms. The Morgan fingerprint density at radius 3 is 2.60 bits per heavy atom. The van der Waals surface area contributed by atoms with E-state index in [1.54, 1.807) is 0 Å². The predicted molar refractivity (Wildman–Crippen MR) is 51.8 cm³/mol. The second-order valence-corrected chi connectivity index (χ2v) is 5.61. The summed E-state index contributed by atoms with van der Waals surface area (Å²) < 4.78 is 0. The lowest BCUT2D eigenvalue weighted by atomic mass is 10.00. The highest BCUT2D eigenvalue weighted by atomic mass is 32.2. The van der Waals surface area contributed by atoms with E-state index in [-0.39, 0.29) is 10.9 Å². The number of hydrogen-bond acceptors (Lipinski definition) is 0. The van der Waals surface area contributed by atoms with Crippen LogP contribution in [0.3, 0.4) is 0 Å². The fourth-order valence-electron chi connectivity index (χ4n) is 1.30. The fourth-order valence-corrected chi connectivity index (χ4v) is 3.48. The van der Waals surface area contributed by atoms with Crippen molar-refractivity contribution < 1.29 is 0 Å². The third-order valence-corrected chi connectivity index (χ3v) is 4.83. The largest absolute Gasteiger partial charge is 0.250 e. The molecule has 0 N–H and O–H groups in total. The number of unbranched alkanes of at least 4 members (excludes halogenated alkanes) is 1. The molecule has 0 aromatic heterocycles. The Labute approximate surface area is 67.7 Å². The molecule has 1 aliphatic rings. The third kappa shape index (κ3) is 2.19. The van der Waals surface area contributed by atoms with Crippen LogP contribution >= 0.6 is 10.9 Å². The summed E-state index contributed by atoms with van der Waals surface area (Å²) in [5, 5.41) is 1.06. The Bertz CT molecular complexity index is 86.7. The molecular weight excluding hydrogens is 140 g/mol. The Balaban J connectivity index is 2.02. The predicted octanol–water partition coefficient (Wildman–Crippen LogP) is 3.13. The zero-order valence-electron chi connectivity index (χ0n) is 6.97. The zero-order chi connectivity index (χ0) is 7.40. The van der Waals surface area contributed by atoms with Crippen LogP contribution in [0.25, 0.3) is 0 Å². The van der Waals surface area contributed by atoms with Crippen LogP contribution in [0.15, 0.2) is 0 Å². The smallest absolute Gasteiger partial charge is 0.0136 e. The van der Waals surface area contributed by atoms with Gasteiger partial charge in [0.15, 0.2) is 0 Å². The molecule has 10 heavy (non-hydrogen) atoms. The normalized spacial score (nSPS) is 24.0. The average Bonchev–Trinajstić information content (AvgIpc) is 1.79. The van der Waals surface area contributed by atoms with Gasteiger partial charge >= 0.3 is 0 Å². The van der Waals surface area contributed by atoms with E-state index in [1.807, 2.05) is 0 Å². The third-order valence-electron chi connectivity index (χ3n) is 2.39. The van der Waals surface area contributed by atoms with Crippen LogP contribution in [-0.4, -0.2) is 11.0 Å². The molecule has 0 saturated heterocycles. The molecule has 61 valence electrons. The van der Waals surface area contributed by atoms with Gasteiger partial charge < -0.3 is 0 Å². The molecule has 0 spiro atoms. The van der Waals surface area contributed by atoms with Gasteiger partial charge in [-0.3, -0.25) is 0 Å². The van der Waals surface area contributed by atoms with Gasteiger partial charge in [-0.15, -0.1) is 0 Å². The topological polar surface area (TPSA) is 0 Å². The highest BCUT2D eigenvalue weighted by molar-refractivity contribution is 8.18. The lowest BCUT2D eigenvalue weighted by molar-refractivity contribution is 0.519. The maximum absolute atomic E-state index is 4.26. The van der Waals surface area contributed by atoms with Crippen molar-refractivity contribution in [3.05, 3.63) is 6.26 Å². The molecule has 1 unspecified atom stereocenters. The summed E-state index contributed by atoms with van der Waals surface area (Å²) in [6, 6.07) is 0. The van der Waals surface area contributed by atoms with Gasteiger partial charge in [0.1, 0.15) is 0 Å². The van der Waals surface area contributed by atoms with Crippen LogP contribution in [-0.2, 0) is 0 Å². The highest BCUT2D eigenvalue weighted by Gasteiger charge is 2.20. The van der Waals surface area contributed by atoms with Crippen molar-refractivity contribution in [1.82, 2.24) is 0 Å². The molecule has 1 aliphatic carbocycles. The lowest BCUT2D eigenvalue weighted by Gasteiger charge is -2.34. The van der Waals surface area contributed by atoms with Crippen molar-refractivity contribution in [3.63, 3.8) is 0 Å². The Kier molecular flexibility index (Phi) is 3.61. The summed E-state index contributed by atoms with van der Waals surface area (Å²) in [5.74, 6) is 1.43. The Morgan fingerprint density at radius 1 is 1.50 bits per heavy atom. The number of hydrogen-bond donors (Lipinski definition) is 1. The molecule has 1 radical (unpaired) electrons. The van der Waals surface area contributed by atoms with Gasteiger partial charge in [0.05, 0.1) is 0 Å². The number of thiol groups is 1. The summed E-state index contributed by atoms with van der Waals surface area (Å²) in [4.78, 5) is 0. The van der Waals surface area contributed by atoms with E-state index >= 15 is 0 Å². The minimum Gasteiger partial charge on any atom is -0.250 e. The fraction of sp³-hybridized carbons (Fsp3) is 0.889. The highest BCUT2D eigenvalue weighted by Crippen LogP contribution is 2.42. The first-order valence-corrected chi connectivity index (χ1v) is 6.20. The van der Waals surface area contributed by atoms with Gasteiger partial charge in [0, 0.05) is 0 Å². The quantitative estimate of drug-likeness (QED) is 0.599. The van der Waals surface area contributed by atoms with E-state index in [9.17, 15) is 0 Å². The maximum Gasteiger partial charge on any atom is -0.0136 e. The number of rotatable bonds is 4. The first kappa shape index (κ1) is 8.45. The second kappa shape index (κ2) is 4.27. The van der Waals surface area contributed by atoms with Crippen LogP contribution in [0.5, 0.6) is 0 Å². The summed E-state index contributed by atoms with van der Waals surface area (Å²) >= 11 is 0. The first-order valence-electron chi connectivity index (χ1n) is 4.41. The van der Waals surface area contributed by atoms with Crippen LogP contribution in [0.2, 0.25) is 0 Å². The van der Waals surface area contributed by atoms with Gasteiger partial charge in [-0.1, -0.05) is 19.8 Å². The molecule has 1 atom stereocenters. The van der Waals surface area contributed by atoms with Crippen molar-refractivity contribution in [1.29, 1.82) is 0 Å². The van der Waals surface area contributed by atoms with Gasteiger partial charge in [-0.25, -0.2) is 10.9 Å². The molecule has 0 aromatic rings. The van der Waals surface area contributed by atoms with Crippen LogP contribution in [0.4, 0.5) is 0 Å². The molecule has 1 fully saturated rings. The van der Waals surface area contributed by atoms with Crippen molar-refractivity contribution in [2.45, 2.75) is 44.3 Å². The van der Waals surface area contributed by atoms with Crippen LogP contribution in [0, 0.1) is 6.26 Å². The van der Waals surface area contributed by atoms with Gasteiger partial charge in [0.25, 0.3) is 0 Å². The summed E-state index contributed by atoms with van der Waals surface area (Å²) in [7, 11) is 0.189. The van der Waals surface area contributed by atoms with Crippen LogP contribution < -0.4 is 0 Å². The van der Waals surface area contributed by atoms with Crippen molar-refractivity contribution in [2.75, 3.05) is 5.75 Å². The van der Waals surface area contributed by atoms with E-state index in [0.717, 1.165) is 5.25 Å². The summed E-state index contributed by atoms with van der Waals surface area (Å²) in [5.41, 5.74) is 0. The van der Waals surface area contributed by atoms with Crippen molar-refractivity contribution in [3.8, 4) is 0 Å². The molecule has 1 rings (SSSR count). The minimum atomic E-state index is 0.189. The molecule has 1 heteroatoms. The van der Waals surface area contributed by atoms with Crippen molar-refractivity contribution >= 4 is 10.9 Å². The Morgan fingerprint density at radius 2 is 2.20 bits per heavy atom. The maximum atomic E-state index is 4.26. The standard InChI is InChI=1S/C9H19S/c1-3-4-8-10(2)9-6-5-7-9/h9-10H,2-8H2,1H3. The van der Waals surface area contributed by atoms with E-state index in [4.69, 9.17) is 0 Å². The van der Waals surface area contributed by atoms with Gasteiger partial charge in [-0.05, 0) is 36.5 Å². The molecule has 0 nitrogen and oxygen atoms in total. The molecule has 0 amide bonds. The van der Waals surface area contributed by atoms with E-state index < -0.39 is 0 Å². The van der Waals surface area contributed by atoms with E-state index in [1.165, 1.54) is 37.9 Å². The van der Waals surface area contributed by atoms with E-state index in [2.05, 4.69) is 13.2 Å². The second-order valence-electron chi connectivity index (χ2n) is 3.25. The summed E-state index contributed by atoms with van der Waals surface area (Å²) in [6.07, 6.45) is 11.5. The molecule has 1 saturated carbocycles. The molecular formula is C9H19S. The monoisotopic (exact) mass is 159 g/mol. The molecule has 0 heterocycles. The van der Waals surface area contributed by atoms with Crippen molar-refractivity contribution in [2.24, 2.45) is 0 Å². The lowest BCUT2D eigenvalue weighted by Crippen LogP contribution is -2.17. The van der Waals surface area contributed by atoms with Gasteiger partial charge in [-0.2, -0.15) is 0 Å². The first-order chi connectivity index (χ1) is 4.84. The average molecular weight is 159 g/mol. The van der Waals surface area contributed by atoms with Crippen LogP contribution in [0.1, 0.15) is 39.0 Å². The SMILES string of the molecule is [CH2][SH](CCCC)C1CCC1. The Hall–Kier alpha value is 0.350. The summed E-state index contributed by atoms with van der Waals surface area (Å²) in [6.45, 7) is 2.27. The molecule has 0 aliphatic heterocycles.